The molecule has 6 nitrogen and oxygen atoms in total. The van der Waals surface area contributed by atoms with Crippen LogP contribution in [0.1, 0.15) is 0 Å². The number of nitrogens with zero attached hydrogens (tertiary/aromatic N) is 5. The molecule has 0 fully saturated rings. The maximum absolute atomic E-state index is 6.12. The molecule has 50 heavy (non-hydrogen) atoms. The average molecular weight is 642 g/mol. The number of fused-ring (bicyclic) bond motifs is 6. The standard InChI is InChI=1S/C44H27N5O/c1-3-12-28(13-4-1)42-46-43(29-14-5-2-6-15-29)48-44(47-42)36-18-11-21-41(45-36)49-37-19-9-7-16-32(37)33-24-22-31(27-38(33)49)30-23-25-40-35(26-30)34-17-8-10-20-39(34)50-40/h1-27H. The number of para-hydroxylation sites is 2. The van der Waals surface area contributed by atoms with Crippen LogP contribution >= 0.6 is 0 Å². The molecular formula is C44H27N5O. The molecule has 10 rings (SSSR count). The van der Waals surface area contributed by atoms with Crippen LogP contribution in [0.25, 0.3) is 95.0 Å². The van der Waals surface area contributed by atoms with E-state index in [2.05, 4.69) is 77.4 Å². The third kappa shape index (κ3) is 4.65. The van der Waals surface area contributed by atoms with E-state index in [4.69, 9.17) is 24.4 Å². The van der Waals surface area contributed by atoms with Gasteiger partial charge in [0.2, 0.25) is 0 Å². The van der Waals surface area contributed by atoms with E-state index in [1.807, 2.05) is 91.0 Å². The second-order valence-corrected chi connectivity index (χ2v) is 12.3. The van der Waals surface area contributed by atoms with Crippen molar-refractivity contribution in [2.45, 2.75) is 0 Å². The summed E-state index contributed by atoms with van der Waals surface area (Å²) in [5, 5.41) is 4.54. The summed E-state index contributed by atoms with van der Waals surface area (Å²) in [5.41, 5.74) is 8.66. The van der Waals surface area contributed by atoms with Crippen molar-refractivity contribution in [2.75, 3.05) is 0 Å². The first-order valence-electron chi connectivity index (χ1n) is 16.6. The molecule has 0 spiro atoms. The molecule has 6 aromatic carbocycles. The van der Waals surface area contributed by atoms with Gasteiger partial charge in [0, 0.05) is 32.7 Å². The molecule has 4 heterocycles. The normalized spacial score (nSPS) is 11.6. The Morgan fingerprint density at radius 3 is 1.74 bits per heavy atom. The Morgan fingerprint density at radius 1 is 0.360 bits per heavy atom. The van der Waals surface area contributed by atoms with Gasteiger partial charge in [-0.25, -0.2) is 19.9 Å². The van der Waals surface area contributed by atoms with Crippen molar-refractivity contribution >= 4 is 43.7 Å². The highest BCUT2D eigenvalue weighted by molar-refractivity contribution is 6.11. The van der Waals surface area contributed by atoms with Crippen LogP contribution in [0.2, 0.25) is 0 Å². The van der Waals surface area contributed by atoms with Gasteiger partial charge in [-0.1, -0.05) is 121 Å². The first-order valence-corrected chi connectivity index (χ1v) is 16.6. The first-order chi connectivity index (χ1) is 24.8. The van der Waals surface area contributed by atoms with Gasteiger partial charge in [0.15, 0.2) is 17.5 Å². The molecule has 4 aromatic heterocycles. The van der Waals surface area contributed by atoms with E-state index in [1.165, 1.54) is 0 Å². The SMILES string of the molecule is c1ccc(-c2nc(-c3ccccc3)nc(-c3cccc(-n4c5ccccc5c5ccc(-c6ccc7oc8ccccc8c7c6)cc54)n3)n2)cc1. The Bertz CT molecular complexity index is 2820. The number of aromatic nitrogens is 5. The van der Waals surface area contributed by atoms with Crippen LogP contribution in [0.5, 0.6) is 0 Å². The zero-order valence-corrected chi connectivity index (χ0v) is 26.7. The van der Waals surface area contributed by atoms with Crippen molar-refractivity contribution in [3.63, 3.8) is 0 Å². The number of furan rings is 1. The van der Waals surface area contributed by atoms with Crippen molar-refractivity contribution in [2.24, 2.45) is 0 Å². The average Bonchev–Trinajstić information content (AvgIpc) is 3.73. The monoisotopic (exact) mass is 641 g/mol. The Hall–Kier alpha value is -6.92. The predicted octanol–water partition coefficient (Wildman–Crippen LogP) is 10.9. The summed E-state index contributed by atoms with van der Waals surface area (Å²) in [6, 6.07) is 55.8. The molecule has 234 valence electrons. The molecule has 0 aliphatic carbocycles. The van der Waals surface area contributed by atoms with Crippen LogP contribution in [-0.4, -0.2) is 24.5 Å². The van der Waals surface area contributed by atoms with Crippen LogP contribution in [0.15, 0.2) is 168 Å². The topological polar surface area (TPSA) is 69.6 Å². The highest BCUT2D eigenvalue weighted by Crippen LogP contribution is 2.37. The van der Waals surface area contributed by atoms with Crippen LogP contribution in [-0.2, 0) is 0 Å². The van der Waals surface area contributed by atoms with Gasteiger partial charge in [0.1, 0.15) is 22.7 Å². The van der Waals surface area contributed by atoms with Crippen molar-refractivity contribution in [1.82, 2.24) is 24.5 Å². The fourth-order valence-corrected chi connectivity index (χ4v) is 6.90. The lowest BCUT2D eigenvalue weighted by Crippen LogP contribution is -2.03. The zero-order valence-electron chi connectivity index (χ0n) is 26.7. The van der Waals surface area contributed by atoms with Gasteiger partial charge in [-0.05, 0) is 53.6 Å². The van der Waals surface area contributed by atoms with Gasteiger partial charge in [-0.2, -0.15) is 0 Å². The van der Waals surface area contributed by atoms with Crippen LogP contribution in [0.3, 0.4) is 0 Å². The summed E-state index contributed by atoms with van der Waals surface area (Å²) in [7, 11) is 0. The lowest BCUT2D eigenvalue weighted by Gasteiger charge is -2.11. The third-order valence-corrected chi connectivity index (χ3v) is 9.28. The Morgan fingerprint density at radius 2 is 0.960 bits per heavy atom. The number of benzene rings is 6. The molecule has 0 amide bonds. The van der Waals surface area contributed by atoms with Gasteiger partial charge in [0.05, 0.1) is 11.0 Å². The molecule has 0 unspecified atom stereocenters. The summed E-state index contributed by atoms with van der Waals surface area (Å²) in [4.78, 5) is 20.0. The predicted molar refractivity (Wildman–Crippen MR) is 201 cm³/mol. The van der Waals surface area contributed by atoms with Crippen LogP contribution in [0, 0.1) is 0 Å². The number of hydrogen-bond acceptors (Lipinski definition) is 5. The molecule has 0 saturated heterocycles. The van der Waals surface area contributed by atoms with Gasteiger partial charge >= 0.3 is 0 Å². The van der Waals surface area contributed by atoms with Gasteiger partial charge in [-0.3, -0.25) is 4.57 Å². The Labute approximate surface area is 287 Å². The number of hydrogen-bond donors (Lipinski definition) is 0. The molecule has 0 saturated carbocycles. The van der Waals surface area contributed by atoms with Gasteiger partial charge < -0.3 is 4.42 Å². The first kappa shape index (κ1) is 28.1. The molecule has 0 N–H and O–H groups in total. The molecule has 0 atom stereocenters. The minimum atomic E-state index is 0.515. The Kier molecular flexibility index (Phi) is 6.39. The molecule has 0 aliphatic heterocycles. The summed E-state index contributed by atoms with van der Waals surface area (Å²) in [5.74, 6) is 2.50. The van der Waals surface area contributed by atoms with E-state index in [9.17, 15) is 0 Å². The minimum Gasteiger partial charge on any atom is -0.456 e. The molecular weight excluding hydrogens is 615 g/mol. The van der Waals surface area contributed by atoms with E-state index in [0.29, 0.717) is 23.2 Å². The maximum atomic E-state index is 6.12. The second kappa shape index (κ2) is 11.4. The van der Waals surface area contributed by atoms with E-state index in [0.717, 1.165) is 71.8 Å². The number of pyridine rings is 1. The van der Waals surface area contributed by atoms with Gasteiger partial charge in [0.25, 0.3) is 0 Å². The number of rotatable bonds is 5. The quantitative estimate of drug-likeness (QED) is 0.187. The van der Waals surface area contributed by atoms with Crippen molar-refractivity contribution in [1.29, 1.82) is 0 Å². The third-order valence-electron chi connectivity index (χ3n) is 9.28. The second-order valence-electron chi connectivity index (χ2n) is 12.3. The minimum absolute atomic E-state index is 0.515. The van der Waals surface area contributed by atoms with Gasteiger partial charge in [-0.15, -0.1) is 0 Å². The molecule has 6 heteroatoms. The molecule has 0 bridgehead atoms. The van der Waals surface area contributed by atoms with E-state index in [-0.39, 0.29) is 0 Å². The lowest BCUT2D eigenvalue weighted by molar-refractivity contribution is 0.669. The zero-order chi connectivity index (χ0) is 33.0. The van der Waals surface area contributed by atoms with Crippen LogP contribution in [0.4, 0.5) is 0 Å². The van der Waals surface area contributed by atoms with Crippen LogP contribution < -0.4 is 0 Å². The summed E-state index contributed by atoms with van der Waals surface area (Å²) in [6.45, 7) is 0. The summed E-state index contributed by atoms with van der Waals surface area (Å²) < 4.78 is 8.35. The smallest absolute Gasteiger partial charge is 0.182 e. The highest BCUT2D eigenvalue weighted by Gasteiger charge is 2.18. The van der Waals surface area contributed by atoms with Crippen molar-refractivity contribution < 1.29 is 4.42 Å². The summed E-state index contributed by atoms with van der Waals surface area (Å²) >= 11 is 0. The van der Waals surface area contributed by atoms with E-state index < -0.39 is 0 Å². The largest absolute Gasteiger partial charge is 0.456 e. The maximum Gasteiger partial charge on any atom is 0.182 e. The van der Waals surface area contributed by atoms with Crippen molar-refractivity contribution in [3.05, 3.63) is 164 Å². The van der Waals surface area contributed by atoms with E-state index >= 15 is 0 Å². The lowest BCUT2D eigenvalue weighted by atomic mass is 10.0. The van der Waals surface area contributed by atoms with Crippen molar-refractivity contribution in [3.8, 4) is 51.2 Å². The Balaban J connectivity index is 1.15. The molecule has 0 aliphatic rings. The highest BCUT2D eigenvalue weighted by atomic mass is 16.3. The fourth-order valence-electron chi connectivity index (χ4n) is 6.90. The summed E-state index contributed by atoms with van der Waals surface area (Å²) in [6.07, 6.45) is 0. The van der Waals surface area contributed by atoms with E-state index in [1.54, 1.807) is 0 Å². The fraction of sp³-hybridized carbons (Fsp3) is 0. The molecule has 0 radical (unpaired) electrons. The molecule has 10 aromatic rings.